The van der Waals surface area contributed by atoms with Crippen LogP contribution >= 0.6 is 12.2 Å². The third-order valence-electron chi connectivity index (χ3n) is 7.78. The molecule has 1 aliphatic heterocycles. The number of rotatable bonds is 8. The summed E-state index contributed by atoms with van der Waals surface area (Å²) in [4.78, 5) is 32.5. The minimum absolute atomic E-state index is 0.0796. The molecule has 42 heavy (non-hydrogen) atoms. The van der Waals surface area contributed by atoms with E-state index >= 15 is 0 Å². The highest BCUT2D eigenvalue weighted by Gasteiger charge is 2.41. The molecule has 1 fully saturated rings. The number of benzene rings is 2. The Morgan fingerprint density at radius 3 is 2.52 bits per heavy atom. The molecule has 2 aromatic heterocycles. The van der Waals surface area contributed by atoms with E-state index in [1.54, 1.807) is 12.3 Å². The van der Waals surface area contributed by atoms with Crippen LogP contribution in [0, 0.1) is 27.7 Å². The molecule has 216 valence electrons. The van der Waals surface area contributed by atoms with Gasteiger partial charge in [0.2, 0.25) is 5.91 Å². The zero-order chi connectivity index (χ0) is 30.0. The van der Waals surface area contributed by atoms with Crippen LogP contribution in [-0.4, -0.2) is 45.1 Å². The van der Waals surface area contributed by atoms with Gasteiger partial charge < -0.3 is 24.8 Å². The smallest absolute Gasteiger partial charge is 0.339 e. The predicted octanol–water partition coefficient (Wildman–Crippen LogP) is 5.89. The molecule has 2 N–H and O–H groups in total. The van der Waals surface area contributed by atoms with Crippen molar-refractivity contribution in [3.8, 4) is 5.69 Å². The number of hydrogen-bond donors (Lipinski definition) is 2. The summed E-state index contributed by atoms with van der Waals surface area (Å²) in [5.74, 6) is -0.477. The number of amides is 1. The van der Waals surface area contributed by atoms with Crippen LogP contribution in [0.3, 0.4) is 0 Å². The number of carbonyl (C=O) groups is 2. The lowest BCUT2D eigenvalue weighted by molar-refractivity contribution is -0.116. The number of nitrogens with zero attached hydrogens (tertiary/aromatic N) is 3. The molecule has 3 heterocycles. The second kappa shape index (κ2) is 12.2. The van der Waals surface area contributed by atoms with E-state index in [1.165, 1.54) is 7.11 Å². The quantitative estimate of drug-likeness (QED) is 0.198. The average Bonchev–Trinajstić information content (AvgIpc) is 3.47. The molecule has 0 aliphatic carbocycles. The fraction of sp³-hybridized carbons (Fsp3) is 0.273. The van der Waals surface area contributed by atoms with E-state index in [0.717, 1.165) is 45.1 Å². The number of methoxy groups -OCH3 is 1. The second-order valence-corrected chi connectivity index (χ2v) is 11.0. The van der Waals surface area contributed by atoms with Crippen molar-refractivity contribution in [2.24, 2.45) is 0 Å². The van der Waals surface area contributed by atoms with E-state index in [-0.39, 0.29) is 24.4 Å². The number of carbonyl (C=O) groups excluding carboxylic acids is 2. The number of esters is 1. The monoisotopic (exact) mass is 581 g/mol. The Kier molecular flexibility index (Phi) is 8.40. The maximum Gasteiger partial charge on any atom is 0.339 e. The number of hydrogen-bond acceptors (Lipinski definition) is 5. The number of para-hydroxylation sites is 1. The summed E-state index contributed by atoms with van der Waals surface area (Å²) in [6, 6.07) is 20.9. The summed E-state index contributed by atoms with van der Waals surface area (Å²) in [6.45, 7) is 8.46. The van der Waals surface area contributed by atoms with E-state index in [2.05, 4.69) is 31.2 Å². The highest BCUT2D eigenvalue weighted by atomic mass is 32.1. The Morgan fingerprint density at radius 1 is 1.02 bits per heavy atom. The largest absolute Gasteiger partial charge is 0.465 e. The van der Waals surface area contributed by atoms with Crippen molar-refractivity contribution in [3.63, 3.8) is 0 Å². The zero-order valence-corrected chi connectivity index (χ0v) is 25.3. The fourth-order valence-corrected chi connectivity index (χ4v) is 6.03. The van der Waals surface area contributed by atoms with Crippen molar-refractivity contribution in [2.75, 3.05) is 19.0 Å². The fourth-order valence-electron chi connectivity index (χ4n) is 5.70. The molecule has 2 aromatic carbocycles. The molecule has 0 saturated carbocycles. The number of aryl methyl sites for hydroxylation is 3. The lowest BCUT2D eigenvalue weighted by atomic mass is 9.96. The van der Waals surface area contributed by atoms with Gasteiger partial charge in [0.15, 0.2) is 5.11 Å². The van der Waals surface area contributed by atoms with E-state index in [4.69, 9.17) is 17.0 Å². The molecule has 2 atom stereocenters. The number of aromatic nitrogens is 2. The topological polar surface area (TPSA) is 88.5 Å². The first-order valence-corrected chi connectivity index (χ1v) is 14.3. The van der Waals surface area contributed by atoms with Crippen LogP contribution in [0.25, 0.3) is 5.69 Å². The van der Waals surface area contributed by atoms with Crippen LogP contribution in [0.4, 0.5) is 5.69 Å². The number of ether oxygens (including phenoxy) is 1. The summed E-state index contributed by atoms with van der Waals surface area (Å²) >= 11 is 5.85. The normalized spacial score (nSPS) is 16.3. The molecule has 9 heteroatoms. The Hall–Kier alpha value is -4.50. The number of pyridine rings is 1. The van der Waals surface area contributed by atoms with Crippen LogP contribution in [0.15, 0.2) is 72.9 Å². The van der Waals surface area contributed by atoms with Gasteiger partial charge in [-0.15, -0.1) is 0 Å². The summed E-state index contributed by atoms with van der Waals surface area (Å²) in [5, 5.41) is 7.10. The van der Waals surface area contributed by atoms with E-state index < -0.39 is 5.97 Å². The number of nitrogens with one attached hydrogen (secondary N) is 2. The van der Waals surface area contributed by atoms with Gasteiger partial charge in [-0.25, -0.2) is 4.79 Å². The Bertz CT molecular complexity index is 1650. The zero-order valence-electron chi connectivity index (χ0n) is 24.5. The van der Waals surface area contributed by atoms with Crippen molar-refractivity contribution >= 4 is 34.9 Å². The van der Waals surface area contributed by atoms with Gasteiger partial charge in [0.05, 0.1) is 36.1 Å². The van der Waals surface area contributed by atoms with Crippen LogP contribution in [-0.2, 0) is 9.53 Å². The Labute approximate surface area is 251 Å². The highest BCUT2D eigenvalue weighted by molar-refractivity contribution is 7.80. The molecule has 0 unspecified atom stereocenters. The summed E-state index contributed by atoms with van der Waals surface area (Å²) in [7, 11) is 1.39. The molecule has 4 aromatic rings. The van der Waals surface area contributed by atoms with Gasteiger partial charge in [0.1, 0.15) is 0 Å². The predicted molar refractivity (Wildman–Crippen MR) is 168 cm³/mol. The lowest BCUT2D eigenvalue weighted by Gasteiger charge is -2.28. The van der Waals surface area contributed by atoms with E-state index in [9.17, 15) is 9.59 Å². The lowest BCUT2D eigenvalue weighted by Crippen LogP contribution is -2.33. The first-order chi connectivity index (χ1) is 20.2. The molecule has 0 radical (unpaired) electrons. The summed E-state index contributed by atoms with van der Waals surface area (Å²) in [5.41, 5.74) is 7.95. The van der Waals surface area contributed by atoms with Crippen molar-refractivity contribution in [1.82, 2.24) is 19.8 Å². The minimum atomic E-state index is -0.397. The first kappa shape index (κ1) is 29.0. The maximum absolute atomic E-state index is 13.1. The third kappa shape index (κ3) is 5.65. The standard InChI is InChI=1S/C33H35N5O3S/c1-20-13-14-21(2)27(18-20)35-29(39)15-17-37-31(30(36-33(37)42)26-11-8-9-16-34-26)25-19-22(3)38(23(25)4)28-12-7-6-10-24(28)32(40)41-5/h6-14,16,18-19,30-31H,15,17H2,1-5H3,(H,35,39)(H,36,42)/t30-,31-/m1/s1. The third-order valence-corrected chi connectivity index (χ3v) is 8.14. The molecule has 8 nitrogen and oxygen atoms in total. The van der Waals surface area contributed by atoms with Crippen LogP contribution in [0.2, 0.25) is 0 Å². The van der Waals surface area contributed by atoms with Gasteiger partial charge >= 0.3 is 5.97 Å². The van der Waals surface area contributed by atoms with Gasteiger partial charge in [0.25, 0.3) is 0 Å². The Morgan fingerprint density at radius 2 is 1.79 bits per heavy atom. The van der Waals surface area contributed by atoms with E-state index in [0.29, 0.717) is 17.2 Å². The van der Waals surface area contributed by atoms with Gasteiger partial charge in [-0.3, -0.25) is 9.78 Å². The summed E-state index contributed by atoms with van der Waals surface area (Å²) in [6.07, 6.45) is 2.03. The molecule has 0 spiro atoms. The molecule has 1 aliphatic rings. The SMILES string of the molecule is COC(=O)c1ccccc1-n1c(C)cc([C@@H]2[C@@H](c3ccccn3)NC(=S)N2CCC(=O)Nc2cc(C)ccc2C)c1C. The molecule has 5 rings (SSSR count). The first-order valence-electron chi connectivity index (χ1n) is 13.9. The Balaban J connectivity index is 1.50. The van der Waals surface area contributed by atoms with Crippen LogP contribution in [0.1, 0.15) is 62.6 Å². The van der Waals surface area contributed by atoms with E-state index in [1.807, 2.05) is 82.3 Å². The van der Waals surface area contributed by atoms with Crippen molar-refractivity contribution in [2.45, 2.75) is 46.2 Å². The molecule has 1 saturated heterocycles. The second-order valence-electron chi connectivity index (χ2n) is 10.6. The summed E-state index contributed by atoms with van der Waals surface area (Å²) < 4.78 is 7.14. The molecular formula is C33H35N5O3S. The van der Waals surface area contributed by atoms with Crippen LogP contribution in [0.5, 0.6) is 0 Å². The molecular weight excluding hydrogens is 546 g/mol. The average molecular weight is 582 g/mol. The molecule has 0 bridgehead atoms. The minimum Gasteiger partial charge on any atom is -0.465 e. The van der Waals surface area contributed by atoms with Crippen molar-refractivity contribution < 1.29 is 14.3 Å². The van der Waals surface area contributed by atoms with Gasteiger partial charge in [0, 0.05) is 36.2 Å². The van der Waals surface area contributed by atoms with Crippen molar-refractivity contribution in [3.05, 3.63) is 112 Å². The molecule has 1 amide bonds. The number of thiocarbonyl (C=S) groups is 1. The van der Waals surface area contributed by atoms with Gasteiger partial charge in [-0.05, 0) is 93.0 Å². The number of anilines is 1. The van der Waals surface area contributed by atoms with Gasteiger partial charge in [-0.1, -0.05) is 30.3 Å². The van der Waals surface area contributed by atoms with Crippen molar-refractivity contribution in [1.29, 1.82) is 0 Å². The van der Waals surface area contributed by atoms with Gasteiger partial charge in [-0.2, -0.15) is 0 Å². The highest BCUT2D eigenvalue weighted by Crippen LogP contribution is 2.41. The maximum atomic E-state index is 13.1. The van der Waals surface area contributed by atoms with Crippen LogP contribution < -0.4 is 10.6 Å².